The van der Waals surface area contributed by atoms with E-state index in [0.717, 1.165) is 31.0 Å². The van der Waals surface area contributed by atoms with E-state index in [2.05, 4.69) is 23.7 Å². The fraction of sp³-hybridized carbons (Fsp3) is 0.667. The molecule has 1 aromatic rings. The van der Waals surface area contributed by atoms with Crippen LogP contribution >= 0.6 is 11.6 Å². The van der Waals surface area contributed by atoms with E-state index in [0.29, 0.717) is 11.9 Å². The second-order valence-corrected chi connectivity index (χ2v) is 5.22. The molecule has 19 heavy (non-hydrogen) atoms. The van der Waals surface area contributed by atoms with Gasteiger partial charge in [-0.05, 0) is 38.8 Å². The van der Waals surface area contributed by atoms with Gasteiger partial charge in [0, 0.05) is 24.7 Å². The number of anilines is 1. The maximum absolute atomic E-state index is 5.95. The molecule has 1 heterocycles. The minimum atomic E-state index is 0.141. The molecule has 0 spiro atoms. The van der Waals surface area contributed by atoms with E-state index in [1.165, 1.54) is 0 Å². The van der Waals surface area contributed by atoms with Gasteiger partial charge in [-0.2, -0.15) is 0 Å². The Morgan fingerprint density at radius 1 is 1.32 bits per heavy atom. The van der Waals surface area contributed by atoms with Gasteiger partial charge in [-0.3, -0.25) is 0 Å². The molecule has 0 saturated carbocycles. The van der Waals surface area contributed by atoms with Gasteiger partial charge in [0.15, 0.2) is 11.6 Å². The molecule has 0 aromatic carbocycles. The topological polar surface area (TPSA) is 25.4 Å². The lowest BCUT2D eigenvalue weighted by Gasteiger charge is -2.32. The van der Waals surface area contributed by atoms with Crippen molar-refractivity contribution < 1.29 is 4.74 Å². The number of aromatic nitrogens is 1. The van der Waals surface area contributed by atoms with Crippen LogP contribution < -0.4 is 9.64 Å². The molecule has 3 nitrogen and oxygen atoms in total. The monoisotopic (exact) mass is 284 g/mol. The highest BCUT2D eigenvalue weighted by atomic mass is 35.5. The van der Waals surface area contributed by atoms with Crippen LogP contribution in [0.1, 0.15) is 40.5 Å². The van der Waals surface area contributed by atoms with E-state index < -0.39 is 0 Å². The molecule has 0 aliphatic carbocycles. The smallest absolute Gasteiger partial charge is 0.171 e. The Morgan fingerprint density at radius 2 is 2.00 bits per heavy atom. The molecule has 4 heteroatoms. The van der Waals surface area contributed by atoms with E-state index in [1.807, 2.05) is 32.2 Å². The number of ether oxygens (including phenoxy) is 1. The minimum absolute atomic E-state index is 0.141. The Balaban J connectivity index is 3.06. The Morgan fingerprint density at radius 3 is 2.53 bits per heavy atom. The average Bonchev–Trinajstić information content (AvgIpc) is 2.39. The van der Waals surface area contributed by atoms with Gasteiger partial charge >= 0.3 is 0 Å². The van der Waals surface area contributed by atoms with Gasteiger partial charge in [0.05, 0.1) is 6.10 Å². The third-order valence-corrected chi connectivity index (χ3v) is 3.26. The van der Waals surface area contributed by atoms with Gasteiger partial charge < -0.3 is 9.64 Å². The molecule has 0 N–H and O–H groups in total. The van der Waals surface area contributed by atoms with E-state index in [1.54, 1.807) is 0 Å². The SMILES string of the molecule is CCC(CC)N(CCCl)c1ncccc1OC(C)C. The third kappa shape index (κ3) is 4.57. The second-order valence-electron chi connectivity index (χ2n) is 4.84. The minimum Gasteiger partial charge on any atom is -0.487 e. The zero-order valence-electron chi connectivity index (χ0n) is 12.4. The van der Waals surface area contributed by atoms with Crippen LogP contribution in [0, 0.1) is 0 Å². The summed E-state index contributed by atoms with van der Waals surface area (Å²) >= 11 is 5.95. The summed E-state index contributed by atoms with van der Waals surface area (Å²) in [4.78, 5) is 6.78. The Bertz CT molecular complexity index is 367. The van der Waals surface area contributed by atoms with Crippen LogP contribution in [0.2, 0.25) is 0 Å². The van der Waals surface area contributed by atoms with Crippen LogP contribution in [0.15, 0.2) is 18.3 Å². The van der Waals surface area contributed by atoms with E-state index in [9.17, 15) is 0 Å². The van der Waals surface area contributed by atoms with Crippen molar-refractivity contribution in [3.05, 3.63) is 18.3 Å². The lowest BCUT2D eigenvalue weighted by atomic mass is 10.1. The number of pyridine rings is 1. The van der Waals surface area contributed by atoms with Crippen molar-refractivity contribution >= 4 is 17.4 Å². The van der Waals surface area contributed by atoms with Crippen molar-refractivity contribution in [2.45, 2.75) is 52.7 Å². The van der Waals surface area contributed by atoms with Crippen LogP contribution in [0.5, 0.6) is 5.75 Å². The number of halogens is 1. The normalized spacial score (nSPS) is 11.1. The highest BCUT2D eigenvalue weighted by molar-refractivity contribution is 6.18. The molecule has 0 fully saturated rings. The molecule has 1 rings (SSSR count). The second kappa shape index (κ2) is 8.26. The van der Waals surface area contributed by atoms with Gasteiger partial charge in [-0.1, -0.05) is 13.8 Å². The zero-order chi connectivity index (χ0) is 14.3. The van der Waals surface area contributed by atoms with E-state index >= 15 is 0 Å². The molecule has 0 aliphatic rings. The molecule has 0 saturated heterocycles. The van der Waals surface area contributed by atoms with Crippen LogP contribution in [0.3, 0.4) is 0 Å². The van der Waals surface area contributed by atoms with Crippen molar-refractivity contribution in [2.75, 3.05) is 17.3 Å². The van der Waals surface area contributed by atoms with Crippen LogP contribution in [-0.4, -0.2) is 29.6 Å². The summed E-state index contributed by atoms with van der Waals surface area (Å²) in [5, 5.41) is 0. The molecule has 0 aliphatic heterocycles. The number of hydrogen-bond donors (Lipinski definition) is 0. The standard InChI is InChI=1S/C15H25ClN2O/c1-5-13(6-2)18(11-9-16)15-14(19-12(3)4)8-7-10-17-15/h7-8,10,12-13H,5-6,9,11H2,1-4H3. The molecule has 0 radical (unpaired) electrons. The van der Waals surface area contributed by atoms with Gasteiger partial charge in [0.1, 0.15) is 0 Å². The van der Waals surface area contributed by atoms with Crippen molar-refractivity contribution in [3.63, 3.8) is 0 Å². The maximum atomic E-state index is 5.95. The summed E-state index contributed by atoms with van der Waals surface area (Å²) < 4.78 is 5.86. The number of nitrogens with zero attached hydrogens (tertiary/aromatic N) is 2. The molecule has 1 aromatic heterocycles. The molecule has 108 valence electrons. The molecule has 0 atom stereocenters. The molecule has 0 amide bonds. The first-order valence-corrected chi connectivity index (χ1v) is 7.61. The number of rotatable bonds is 8. The summed E-state index contributed by atoms with van der Waals surface area (Å²) in [6.07, 6.45) is 4.10. The number of alkyl halides is 1. The zero-order valence-corrected chi connectivity index (χ0v) is 13.2. The van der Waals surface area contributed by atoms with E-state index in [-0.39, 0.29) is 6.10 Å². The third-order valence-electron chi connectivity index (χ3n) is 3.09. The molecule has 0 unspecified atom stereocenters. The van der Waals surface area contributed by atoms with Gasteiger partial charge in [-0.25, -0.2) is 4.98 Å². The highest BCUT2D eigenvalue weighted by Gasteiger charge is 2.20. The van der Waals surface area contributed by atoms with Gasteiger partial charge in [0.2, 0.25) is 0 Å². The first kappa shape index (κ1) is 16.1. The highest BCUT2D eigenvalue weighted by Crippen LogP contribution is 2.29. The lowest BCUT2D eigenvalue weighted by Crippen LogP contribution is -2.37. The van der Waals surface area contributed by atoms with Gasteiger partial charge in [-0.15, -0.1) is 11.6 Å². The quantitative estimate of drug-likeness (QED) is 0.672. The van der Waals surface area contributed by atoms with Crippen molar-refractivity contribution in [1.29, 1.82) is 0 Å². The molecular weight excluding hydrogens is 260 g/mol. The Labute approximate surface area is 121 Å². The lowest BCUT2D eigenvalue weighted by molar-refractivity contribution is 0.241. The summed E-state index contributed by atoms with van der Waals surface area (Å²) in [5.41, 5.74) is 0. The Kier molecular flexibility index (Phi) is 7.00. The first-order chi connectivity index (χ1) is 9.13. The fourth-order valence-corrected chi connectivity index (χ4v) is 2.41. The average molecular weight is 285 g/mol. The predicted octanol–water partition coefficient (Wildman–Crippen LogP) is 4.10. The van der Waals surface area contributed by atoms with Crippen LogP contribution in [-0.2, 0) is 0 Å². The van der Waals surface area contributed by atoms with Crippen LogP contribution in [0.4, 0.5) is 5.82 Å². The summed E-state index contributed by atoms with van der Waals surface area (Å²) in [7, 11) is 0. The summed E-state index contributed by atoms with van der Waals surface area (Å²) in [6, 6.07) is 4.34. The maximum Gasteiger partial charge on any atom is 0.171 e. The van der Waals surface area contributed by atoms with Crippen molar-refractivity contribution in [3.8, 4) is 5.75 Å². The van der Waals surface area contributed by atoms with E-state index in [4.69, 9.17) is 16.3 Å². The molecular formula is C15H25ClN2O. The van der Waals surface area contributed by atoms with Gasteiger partial charge in [0.25, 0.3) is 0 Å². The van der Waals surface area contributed by atoms with Crippen LogP contribution in [0.25, 0.3) is 0 Å². The Hall–Kier alpha value is -0.960. The largest absolute Gasteiger partial charge is 0.487 e. The van der Waals surface area contributed by atoms with Crippen molar-refractivity contribution in [1.82, 2.24) is 4.98 Å². The first-order valence-electron chi connectivity index (χ1n) is 7.08. The predicted molar refractivity (Wildman–Crippen MR) is 82.4 cm³/mol. The summed E-state index contributed by atoms with van der Waals surface area (Å²) in [5.74, 6) is 2.34. The van der Waals surface area contributed by atoms with Crippen molar-refractivity contribution in [2.24, 2.45) is 0 Å². The summed E-state index contributed by atoms with van der Waals surface area (Å²) in [6.45, 7) is 9.24. The molecule has 0 bridgehead atoms. The fourth-order valence-electron chi connectivity index (χ4n) is 2.23. The number of hydrogen-bond acceptors (Lipinski definition) is 3.